The minimum absolute atomic E-state index is 0.196. The van der Waals surface area contributed by atoms with Gasteiger partial charge in [-0.3, -0.25) is 4.90 Å². The van der Waals surface area contributed by atoms with E-state index < -0.39 is 0 Å². The molecule has 4 nitrogen and oxygen atoms in total. The van der Waals surface area contributed by atoms with E-state index in [1.54, 1.807) is 0 Å². The maximum Gasteiger partial charge on any atom is 0.0992 e. The van der Waals surface area contributed by atoms with Gasteiger partial charge in [0.1, 0.15) is 0 Å². The van der Waals surface area contributed by atoms with Crippen LogP contribution in [0.15, 0.2) is 24.3 Å². The highest BCUT2D eigenvalue weighted by molar-refractivity contribution is 5.53. The number of nitriles is 1. The van der Waals surface area contributed by atoms with Gasteiger partial charge in [0.05, 0.1) is 11.6 Å². The van der Waals surface area contributed by atoms with Crippen molar-refractivity contribution >= 4 is 5.69 Å². The van der Waals surface area contributed by atoms with Crippen molar-refractivity contribution in [3.63, 3.8) is 0 Å². The zero-order chi connectivity index (χ0) is 13.8. The average Bonchev–Trinajstić information content (AvgIpc) is 2.43. The first-order chi connectivity index (χ1) is 9.15. The van der Waals surface area contributed by atoms with E-state index >= 15 is 0 Å². The van der Waals surface area contributed by atoms with Crippen LogP contribution in [0.5, 0.6) is 0 Å². The third-order valence-corrected chi connectivity index (χ3v) is 3.92. The van der Waals surface area contributed by atoms with Crippen LogP contribution >= 0.6 is 0 Å². The molecule has 0 saturated carbocycles. The van der Waals surface area contributed by atoms with Gasteiger partial charge in [-0.2, -0.15) is 5.26 Å². The van der Waals surface area contributed by atoms with Crippen molar-refractivity contribution in [1.29, 1.82) is 5.26 Å². The lowest BCUT2D eigenvalue weighted by atomic mass is 10.0. The fourth-order valence-corrected chi connectivity index (χ4v) is 2.65. The molecule has 1 aromatic carbocycles. The van der Waals surface area contributed by atoms with Gasteiger partial charge in [-0.05, 0) is 38.6 Å². The minimum Gasteiger partial charge on any atom is -0.396 e. The quantitative estimate of drug-likeness (QED) is 0.892. The van der Waals surface area contributed by atoms with E-state index in [0.29, 0.717) is 17.6 Å². The van der Waals surface area contributed by atoms with E-state index in [2.05, 4.69) is 29.8 Å². The number of aliphatic hydroxyl groups excluding tert-OH is 1. The van der Waals surface area contributed by atoms with Gasteiger partial charge in [0.2, 0.25) is 0 Å². The average molecular weight is 259 g/mol. The second-order valence-corrected chi connectivity index (χ2v) is 5.27. The van der Waals surface area contributed by atoms with Gasteiger partial charge in [-0.25, -0.2) is 0 Å². The summed E-state index contributed by atoms with van der Waals surface area (Å²) in [5.41, 5.74) is 1.77. The SMILES string of the molecule is CC1CN(c2cccc(C#N)c2)C(CCO)CN1C. The molecule has 0 aromatic heterocycles. The van der Waals surface area contributed by atoms with Crippen molar-refractivity contribution in [1.82, 2.24) is 4.90 Å². The van der Waals surface area contributed by atoms with Crippen molar-refractivity contribution < 1.29 is 5.11 Å². The molecule has 2 atom stereocenters. The number of likely N-dealkylation sites (N-methyl/N-ethyl adjacent to an activating group) is 1. The summed E-state index contributed by atoms with van der Waals surface area (Å²) in [6.45, 7) is 4.27. The molecule has 0 spiro atoms. The highest BCUT2D eigenvalue weighted by Gasteiger charge is 2.29. The van der Waals surface area contributed by atoms with E-state index in [4.69, 9.17) is 5.26 Å². The van der Waals surface area contributed by atoms with Crippen molar-refractivity contribution in [2.24, 2.45) is 0 Å². The first kappa shape index (κ1) is 13.9. The molecule has 102 valence electrons. The van der Waals surface area contributed by atoms with E-state index in [9.17, 15) is 5.11 Å². The molecule has 4 heteroatoms. The monoisotopic (exact) mass is 259 g/mol. The molecular formula is C15H21N3O. The van der Waals surface area contributed by atoms with Crippen LogP contribution in [0.4, 0.5) is 5.69 Å². The largest absolute Gasteiger partial charge is 0.396 e. The van der Waals surface area contributed by atoms with Crippen LogP contribution in [-0.2, 0) is 0 Å². The normalized spacial score (nSPS) is 24.2. The van der Waals surface area contributed by atoms with Crippen molar-refractivity contribution in [2.45, 2.75) is 25.4 Å². The molecule has 1 fully saturated rings. The zero-order valence-electron chi connectivity index (χ0n) is 11.6. The lowest BCUT2D eigenvalue weighted by Gasteiger charge is -2.45. The zero-order valence-corrected chi connectivity index (χ0v) is 11.6. The summed E-state index contributed by atoms with van der Waals surface area (Å²) < 4.78 is 0. The standard InChI is InChI=1S/C15H21N3O/c1-12-10-18(15(6-7-19)11-17(12)2)14-5-3-4-13(8-14)9-16/h3-5,8,12,15,19H,6-7,10-11H2,1-2H3. The van der Waals surface area contributed by atoms with Crippen LogP contribution in [0.3, 0.4) is 0 Å². The number of anilines is 1. The molecule has 1 heterocycles. The summed E-state index contributed by atoms with van der Waals surface area (Å²) in [7, 11) is 2.12. The lowest BCUT2D eigenvalue weighted by molar-refractivity contribution is 0.177. The fraction of sp³-hybridized carbons (Fsp3) is 0.533. The maximum atomic E-state index is 9.24. The Morgan fingerprint density at radius 1 is 1.42 bits per heavy atom. The lowest BCUT2D eigenvalue weighted by Crippen LogP contribution is -2.56. The summed E-state index contributed by atoms with van der Waals surface area (Å²) in [5.74, 6) is 0. The van der Waals surface area contributed by atoms with E-state index in [1.807, 2.05) is 24.3 Å². The van der Waals surface area contributed by atoms with Gasteiger partial charge >= 0.3 is 0 Å². The molecule has 2 unspecified atom stereocenters. The fourth-order valence-electron chi connectivity index (χ4n) is 2.65. The van der Waals surface area contributed by atoms with Crippen LogP contribution in [0.25, 0.3) is 0 Å². The first-order valence-electron chi connectivity index (χ1n) is 6.73. The molecule has 19 heavy (non-hydrogen) atoms. The van der Waals surface area contributed by atoms with Crippen LogP contribution in [-0.4, -0.2) is 48.8 Å². The van der Waals surface area contributed by atoms with E-state index in [0.717, 1.165) is 25.2 Å². The molecule has 1 aliphatic heterocycles. The maximum absolute atomic E-state index is 9.24. The summed E-state index contributed by atoms with van der Waals surface area (Å²) in [6.07, 6.45) is 0.758. The van der Waals surface area contributed by atoms with E-state index in [1.165, 1.54) is 0 Å². The van der Waals surface area contributed by atoms with Gasteiger partial charge in [0, 0.05) is 37.5 Å². The summed E-state index contributed by atoms with van der Waals surface area (Å²) >= 11 is 0. The number of piperazine rings is 1. The Morgan fingerprint density at radius 3 is 2.89 bits per heavy atom. The van der Waals surface area contributed by atoms with Crippen LogP contribution < -0.4 is 4.90 Å². The molecule has 1 saturated heterocycles. The van der Waals surface area contributed by atoms with Gasteiger partial charge in [0.15, 0.2) is 0 Å². The Kier molecular flexibility index (Phi) is 4.41. The van der Waals surface area contributed by atoms with Crippen molar-refractivity contribution in [3.05, 3.63) is 29.8 Å². The molecule has 1 aliphatic rings. The summed E-state index contributed by atoms with van der Waals surface area (Å²) in [4.78, 5) is 4.65. The smallest absolute Gasteiger partial charge is 0.0992 e. The van der Waals surface area contributed by atoms with Gasteiger partial charge in [-0.15, -0.1) is 0 Å². The predicted octanol–water partition coefficient (Wildman–Crippen LogP) is 1.45. The third kappa shape index (κ3) is 3.06. The number of benzene rings is 1. The number of hydrogen-bond donors (Lipinski definition) is 1. The Balaban J connectivity index is 2.25. The molecule has 1 N–H and O–H groups in total. The topological polar surface area (TPSA) is 50.5 Å². The van der Waals surface area contributed by atoms with Crippen molar-refractivity contribution in [3.8, 4) is 6.07 Å². The Bertz CT molecular complexity index is 469. The number of hydrogen-bond acceptors (Lipinski definition) is 4. The molecule has 2 rings (SSSR count). The summed E-state index contributed by atoms with van der Waals surface area (Å²) in [6, 6.07) is 10.7. The Labute approximate surface area is 114 Å². The molecule has 0 amide bonds. The van der Waals surface area contributed by atoms with Crippen LogP contribution in [0.1, 0.15) is 18.9 Å². The number of aliphatic hydroxyl groups is 1. The Morgan fingerprint density at radius 2 is 2.21 bits per heavy atom. The third-order valence-electron chi connectivity index (χ3n) is 3.92. The number of rotatable bonds is 3. The van der Waals surface area contributed by atoms with Gasteiger partial charge in [0.25, 0.3) is 0 Å². The molecular weight excluding hydrogens is 238 g/mol. The van der Waals surface area contributed by atoms with Crippen LogP contribution in [0.2, 0.25) is 0 Å². The molecule has 0 aliphatic carbocycles. The predicted molar refractivity (Wildman–Crippen MR) is 76.1 cm³/mol. The Hall–Kier alpha value is -1.57. The number of nitrogens with zero attached hydrogens (tertiary/aromatic N) is 3. The minimum atomic E-state index is 0.196. The molecule has 1 aromatic rings. The van der Waals surface area contributed by atoms with E-state index in [-0.39, 0.29) is 6.61 Å². The van der Waals surface area contributed by atoms with Crippen LogP contribution in [0, 0.1) is 11.3 Å². The highest BCUT2D eigenvalue weighted by Crippen LogP contribution is 2.25. The second-order valence-electron chi connectivity index (χ2n) is 5.27. The summed E-state index contributed by atoms with van der Waals surface area (Å²) in [5, 5.41) is 18.2. The molecule has 0 bridgehead atoms. The highest BCUT2D eigenvalue weighted by atomic mass is 16.3. The second kappa shape index (κ2) is 6.05. The van der Waals surface area contributed by atoms with Crippen molar-refractivity contribution in [2.75, 3.05) is 31.6 Å². The van der Waals surface area contributed by atoms with Gasteiger partial charge < -0.3 is 10.0 Å². The van der Waals surface area contributed by atoms with Gasteiger partial charge in [-0.1, -0.05) is 6.07 Å². The first-order valence-corrected chi connectivity index (χ1v) is 6.73. The molecule has 0 radical (unpaired) electrons.